The Morgan fingerprint density at radius 2 is 2.00 bits per heavy atom. The van der Waals surface area contributed by atoms with E-state index in [-0.39, 0.29) is 17.4 Å². The highest BCUT2D eigenvalue weighted by atomic mass is 16.2. The summed E-state index contributed by atoms with van der Waals surface area (Å²) in [4.78, 5) is 13.8. The topological polar surface area (TPSA) is 46.3 Å². The van der Waals surface area contributed by atoms with Crippen LogP contribution in [0.3, 0.4) is 0 Å². The molecule has 0 bridgehead atoms. The Bertz CT molecular complexity index is 190. The molecule has 84 valence electrons. The van der Waals surface area contributed by atoms with Crippen molar-refractivity contribution < 1.29 is 4.79 Å². The minimum absolute atomic E-state index is 0.209. The molecule has 1 atom stereocenters. The monoisotopic (exact) mass is 200 g/mol. The van der Waals surface area contributed by atoms with Gasteiger partial charge >= 0.3 is 0 Å². The molecule has 0 fully saturated rings. The maximum absolute atomic E-state index is 12.0. The van der Waals surface area contributed by atoms with E-state index in [0.717, 1.165) is 12.8 Å². The van der Waals surface area contributed by atoms with Crippen LogP contribution < -0.4 is 5.73 Å². The Labute approximate surface area is 87.6 Å². The van der Waals surface area contributed by atoms with Crippen molar-refractivity contribution in [3.63, 3.8) is 0 Å². The second kappa shape index (κ2) is 5.35. The standard InChI is InChI=1S/C11H24N2O/c1-6-11(3,4)10(14)13(5)9(2)7-8-12/h9H,6-8,12H2,1-5H3. The zero-order valence-corrected chi connectivity index (χ0v) is 10.1. The van der Waals surface area contributed by atoms with Crippen LogP contribution in [0, 0.1) is 5.41 Å². The van der Waals surface area contributed by atoms with Crippen molar-refractivity contribution in [3.8, 4) is 0 Å². The fourth-order valence-corrected chi connectivity index (χ4v) is 1.26. The molecule has 0 heterocycles. The van der Waals surface area contributed by atoms with Gasteiger partial charge in [-0.3, -0.25) is 4.79 Å². The number of hydrogen-bond donors (Lipinski definition) is 1. The van der Waals surface area contributed by atoms with Gasteiger partial charge in [-0.1, -0.05) is 20.8 Å². The van der Waals surface area contributed by atoms with Crippen molar-refractivity contribution in [2.75, 3.05) is 13.6 Å². The van der Waals surface area contributed by atoms with Crippen molar-refractivity contribution in [2.24, 2.45) is 11.1 Å². The lowest BCUT2D eigenvalue weighted by Crippen LogP contribution is -2.43. The minimum atomic E-state index is -0.252. The van der Waals surface area contributed by atoms with Crippen LogP contribution in [0.2, 0.25) is 0 Å². The average molecular weight is 200 g/mol. The van der Waals surface area contributed by atoms with Gasteiger partial charge in [-0.15, -0.1) is 0 Å². The van der Waals surface area contributed by atoms with Crippen molar-refractivity contribution in [3.05, 3.63) is 0 Å². The lowest BCUT2D eigenvalue weighted by molar-refractivity contribution is -0.141. The second-order valence-electron chi connectivity index (χ2n) is 4.58. The van der Waals surface area contributed by atoms with Crippen molar-refractivity contribution in [2.45, 2.75) is 46.6 Å². The van der Waals surface area contributed by atoms with Crippen LogP contribution in [-0.2, 0) is 4.79 Å². The molecular formula is C11H24N2O. The van der Waals surface area contributed by atoms with Crippen molar-refractivity contribution in [1.29, 1.82) is 0 Å². The molecule has 14 heavy (non-hydrogen) atoms. The number of carbonyl (C=O) groups excluding carboxylic acids is 1. The van der Waals surface area contributed by atoms with E-state index in [9.17, 15) is 4.79 Å². The number of hydrogen-bond acceptors (Lipinski definition) is 2. The summed E-state index contributed by atoms with van der Waals surface area (Å²) in [5.74, 6) is 0.209. The molecule has 0 rings (SSSR count). The molecule has 3 nitrogen and oxygen atoms in total. The first-order chi connectivity index (χ1) is 6.36. The summed E-state index contributed by atoms with van der Waals surface area (Å²) in [6, 6.07) is 0.235. The van der Waals surface area contributed by atoms with E-state index in [4.69, 9.17) is 5.73 Å². The van der Waals surface area contributed by atoms with Crippen LogP contribution in [0.5, 0.6) is 0 Å². The van der Waals surface area contributed by atoms with E-state index in [1.165, 1.54) is 0 Å². The number of nitrogens with two attached hydrogens (primary N) is 1. The molecule has 0 aromatic heterocycles. The van der Waals surface area contributed by atoms with Gasteiger partial charge in [0.1, 0.15) is 0 Å². The maximum Gasteiger partial charge on any atom is 0.228 e. The van der Waals surface area contributed by atoms with E-state index in [1.54, 1.807) is 0 Å². The Morgan fingerprint density at radius 1 is 1.50 bits per heavy atom. The van der Waals surface area contributed by atoms with Crippen LogP contribution in [0.1, 0.15) is 40.5 Å². The molecule has 3 heteroatoms. The average Bonchev–Trinajstić information content (AvgIpc) is 2.15. The largest absolute Gasteiger partial charge is 0.343 e. The molecule has 0 aromatic carbocycles. The van der Waals surface area contributed by atoms with Gasteiger partial charge in [0.15, 0.2) is 0 Å². The summed E-state index contributed by atoms with van der Waals surface area (Å²) in [7, 11) is 1.86. The third kappa shape index (κ3) is 3.29. The number of carbonyl (C=O) groups is 1. The molecule has 0 saturated carbocycles. The van der Waals surface area contributed by atoms with Gasteiger partial charge in [0.05, 0.1) is 0 Å². The quantitative estimate of drug-likeness (QED) is 0.733. The van der Waals surface area contributed by atoms with E-state index < -0.39 is 0 Å². The summed E-state index contributed by atoms with van der Waals surface area (Å²) in [6.45, 7) is 8.68. The number of amides is 1. The third-order valence-corrected chi connectivity index (χ3v) is 3.03. The maximum atomic E-state index is 12.0. The van der Waals surface area contributed by atoms with E-state index >= 15 is 0 Å². The van der Waals surface area contributed by atoms with Gasteiger partial charge < -0.3 is 10.6 Å². The normalized spacial score (nSPS) is 13.9. The molecule has 2 N–H and O–H groups in total. The predicted octanol–water partition coefficient (Wildman–Crippen LogP) is 1.62. The molecule has 1 amide bonds. The van der Waals surface area contributed by atoms with Gasteiger partial charge in [0.2, 0.25) is 5.91 Å². The molecule has 0 aromatic rings. The number of nitrogens with zero attached hydrogens (tertiary/aromatic N) is 1. The van der Waals surface area contributed by atoms with Crippen LogP contribution in [0.25, 0.3) is 0 Å². The molecular weight excluding hydrogens is 176 g/mol. The Balaban J connectivity index is 4.38. The predicted molar refractivity (Wildman–Crippen MR) is 60.0 cm³/mol. The highest BCUT2D eigenvalue weighted by Crippen LogP contribution is 2.23. The van der Waals surface area contributed by atoms with Crippen LogP contribution in [-0.4, -0.2) is 30.4 Å². The fourth-order valence-electron chi connectivity index (χ4n) is 1.26. The summed E-state index contributed by atoms with van der Waals surface area (Å²) in [5, 5.41) is 0. The molecule has 0 aliphatic rings. The van der Waals surface area contributed by atoms with Crippen molar-refractivity contribution >= 4 is 5.91 Å². The minimum Gasteiger partial charge on any atom is -0.343 e. The smallest absolute Gasteiger partial charge is 0.228 e. The summed E-state index contributed by atoms with van der Waals surface area (Å²) in [6.07, 6.45) is 1.73. The first-order valence-corrected chi connectivity index (χ1v) is 5.34. The summed E-state index contributed by atoms with van der Waals surface area (Å²) >= 11 is 0. The Morgan fingerprint density at radius 3 is 2.36 bits per heavy atom. The molecule has 0 aliphatic heterocycles. The molecule has 0 radical (unpaired) electrons. The Kier molecular flexibility index (Phi) is 5.13. The third-order valence-electron chi connectivity index (χ3n) is 3.03. The first kappa shape index (κ1) is 13.4. The van der Waals surface area contributed by atoms with Gasteiger partial charge in [0, 0.05) is 18.5 Å². The van der Waals surface area contributed by atoms with E-state index in [0.29, 0.717) is 6.54 Å². The van der Waals surface area contributed by atoms with Crippen LogP contribution in [0.4, 0.5) is 0 Å². The zero-order valence-electron chi connectivity index (χ0n) is 10.1. The van der Waals surface area contributed by atoms with E-state index in [1.807, 2.05) is 39.6 Å². The second-order valence-corrected chi connectivity index (χ2v) is 4.58. The summed E-state index contributed by atoms with van der Waals surface area (Å²) < 4.78 is 0. The highest BCUT2D eigenvalue weighted by Gasteiger charge is 2.30. The van der Waals surface area contributed by atoms with Crippen LogP contribution in [0.15, 0.2) is 0 Å². The van der Waals surface area contributed by atoms with Gasteiger partial charge in [-0.25, -0.2) is 0 Å². The van der Waals surface area contributed by atoms with E-state index in [2.05, 4.69) is 0 Å². The van der Waals surface area contributed by atoms with Gasteiger partial charge in [0.25, 0.3) is 0 Å². The zero-order chi connectivity index (χ0) is 11.4. The first-order valence-electron chi connectivity index (χ1n) is 5.34. The SMILES string of the molecule is CCC(C)(C)C(=O)N(C)C(C)CCN. The van der Waals surface area contributed by atoms with Gasteiger partial charge in [-0.05, 0) is 26.3 Å². The van der Waals surface area contributed by atoms with Crippen molar-refractivity contribution in [1.82, 2.24) is 4.90 Å². The summed E-state index contributed by atoms with van der Waals surface area (Å²) in [5.41, 5.74) is 5.22. The van der Waals surface area contributed by atoms with Gasteiger partial charge in [-0.2, -0.15) is 0 Å². The molecule has 0 saturated heterocycles. The highest BCUT2D eigenvalue weighted by molar-refractivity contribution is 5.81. The lowest BCUT2D eigenvalue weighted by Gasteiger charge is -2.32. The van der Waals surface area contributed by atoms with Crippen LogP contribution >= 0.6 is 0 Å². The number of rotatable bonds is 5. The molecule has 1 unspecified atom stereocenters. The Hall–Kier alpha value is -0.570. The molecule has 0 spiro atoms. The fraction of sp³-hybridized carbons (Fsp3) is 0.909. The molecule has 0 aliphatic carbocycles. The lowest BCUT2D eigenvalue weighted by atomic mass is 9.88.